The van der Waals surface area contributed by atoms with Crippen molar-refractivity contribution >= 4 is 87.4 Å². The van der Waals surface area contributed by atoms with Crippen LogP contribution < -0.4 is 27.8 Å². The molecule has 38 nitrogen and oxygen atoms in total. The predicted molar refractivity (Wildman–Crippen MR) is 411 cm³/mol. The Bertz CT molecular complexity index is 4420. The number of hydrogen-bond donors (Lipinski definition) is 9. The van der Waals surface area contributed by atoms with Crippen molar-refractivity contribution in [1.82, 2.24) is 60.3 Å². The van der Waals surface area contributed by atoms with E-state index in [9.17, 15) is 43.8 Å². The van der Waals surface area contributed by atoms with Gasteiger partial charge in [0.1, 0.15) is 108 Å². The topological polar surface area (TPSA) is 528 Å². The zero-order chi connectivity index (χ0) is 84.6. The van der Waals surface area contributed by atoms with Gasteiger partial charge in [-0.05, 0) is 158 Å². The fourth-order valence-corrected chi connectivity index (χ4v) is 14.4. The number of hydrogen-bond acceptors (Lipinski definition) is 30. The second kappa shape index (κ2) is 34.3. The summed E-state index contributed by atoms with van der Waals surface area (Å²) in [5.41, 5.74) is 29.0. The summed E-state index contributed by atoms with van der Waals surface area (Å²) in [6.45, 7) is 38.1. The number of nitrogens with zero attached hydrogens (tertiary/aromatic N) is 11. The molecule has 11 rings (SSSR count). The van der Waals surface area contributed by atoms with E-state index in [2.05, 4.69) is 60.5 Å². The molecule has 0 unspecified atom stereocenters. The zero-order valence-electron chi connectivity index (χ0n) is 68.8. The summed E-state index contributed by atoms with van der Waals surface area (Å²) >= 11 is 0. The van der Waals surface area contributed by atoms with E-state index < -0.39 is 155 Å². The molecule has 15 atom stereocenters. The summed E-state index contributed by atoms with van der Waals surface area (Å²) in [5.74, 6) is -4.47. The summed E-state index contributed by atoms with van der Waals surface area (Å²) in [5, 5.41) is 29.7. The summed E-state index contributed by atoms with van der Waals surface area (Å²) in [6, 6.07) is -5.95. The van der Waals surface area contributed by atoms with Crippen LogP contribution in [0.15, 0.2) is 42.6 Å². The Labute approximate surface area is 661 Å². The van der Waals surface area contributed by atoms with Gasteiger partial charge in [-0.2, -0.15) is 0 Å². The van der Waals surface area contributed by atoms with Gasteiger partial charge >= 0.3 is 42.3 Å². The van der Waals surface area contributed by atoms with Crippen molar-refractivity contribution < 1.29 is 95.9 Å². The Kier molecular flexibility index (Phi) is 26.5. The number of esters is 3. The molecule has 0 bridgehead atoms. The third kappa shape index (κ3) is 20.6. The number of nitrogen functional groups attached to an aromatic ring is 2. The highest BCUT2D eigenvalue weighted by atomic mass is 16.8. The van der Waals surface area contributed by atoms with Crippen molar-refractivity contribution in [1.29, 1.82) is 0 Å². The van der Waals surface area contributed by atoms with Crippen LogP contribution in [-0.4, -0.2) is 223 Å². The zero-order valence-corrected chi connectivity index (χ0v) is 68.8. The van der Waals surface area contributed by atoms with Crippen molar-refractivity contribution in [3.05, 3.63) is 70.3 Å². The predicted octanol–water partition coefficient (Wildman–Crippen LogP) is 8.87. The standard InChI is InChI=1S/C29H42N8O8.C29H44N6O8.C18H26N4O4/c1-14(2)17(34-25(39)44-27(3,4)5)24(38)41-12-16-21-22(43-29(9,10)42-21)20(37(16)26(40)45-28(6,7)8)15-11-31-19-18(15)32-13-33-23(19)35-36-30;1-14(2)17(34-25(37)42-27(3,4)5)24(36)39-12-16-21-22(41-29(9,10)40-21)20(35(16)26(38)43-28(6,7)8)15-11-31-19-18(15)32-13-33-23(19)30;1-8(2)13(19)18(25)26-6-9-5-12(16(24)15(9)23)10-3-4-11-14(10)21-7-22-17(11)20/h11,13-14,16-17,20-22,31H,12H2,1-10H3,(H,34,39);11,13-14,16-17,20-22,31H,12H2,1-10H3,(H,34,37)(H2,30,32,33);3,7-9,12-13,15-16,23-24H,4-6,19H2,1-2H3,(H2,20,21,22)/t2*16-,17+,20+,21-,22+;9-,12+,13+,15-,16+/m111/s1. The third-order valence-electron chi connectivity index (χ3n) is 19.4. The smallest absolute Gasteiger partial charge is 0.411 e. The average molecular weight is 1600 g/mol. The molecular formula is C76H112N18O20. The molecule has 0 radical (unpaired) electrons. The molecule has 0 spiro atoms. The maximum atomic E-state index is 13.9. The largest absolute Gasteiger partial charge is 0.464 e. The summed E-state index contributed by atoms with van der Waals surface area (Å²) < 4.78 is 64.4. The number of allylic oxidation sites excluding steroid dienone is 1. The first-order chi connectivity index (χ1) is 52.9. The lowest BCUT2D eigenvalue weighted by Crippen LogP contribution is -2.50. The number of ether oxygens (including phenoxy) is 11. The molecule has 626 valence electrons. The Balaban J connectivity index is 0.000000203. The summed E-state index contributed by atoms with van der Waals surface area (Å²) in [6.07, 6.45) is 2.80. The number of aromatic amines is 2. The molecule has 2 aliphatic carbocycles. The second-order valence-corrected chi connectivity index (χ2v) is 34.9. The lowest BCUT2D eigenvalue weighted by atomic mass is 9.93. The molecule has 4 saturated heterocycles. The van der Waals surface area contributed by atoms with Gasteiger partial charge < -0.3 is 100 Å². The van der Waals surface area contributed by atoms with Gasteiger partial charge in [0.2, 0.25) is 0 Å². The van der Waals surface area contributed by atoms with Crippen LogP contribution in [0.2, 0.25) is 0 Å². The molecule has 114 heavy (non-hydrogen) atoms. The van der Waals surface area contributed by atoms with E-state index in [1.807, 2.05) is 19.9 Å². The quantitative estimate of drug-likeness (QED) is 0.0130. The Morgan fingerprint density at radius 2 is 1.01 bits per heavy atom. The molecule has 5 aromatic heterocycles. The lowest BCUT2D eigenvalue weighted by molar-refractivity contribution is -0.173. The van der Waals surface area contributed by atoms with Gasteiger partial charge in [-0.3, -0.25) is 14.6 Å². The number of likely N-dealkylation sites (tertiary alicyclic amines) is 2. The van der Waals surface area contributed by atoms with Gasteiger partial charge in [0.25, 0.3) is 0 Å². The van der Waals surface area contributed by atoms with E-state index in [-0.39, 0.29) is 61.0 Å². The molecule has 0 aromatic carbocycles. The Hall–Kier alpha value is -9.82. The molecule has 12 N–H and O–H groups in total. The minimum Gasteiger partial charge on any atom is -0.464 e. The second-order valence-electron chi connectivity index (χ2n) is 34.9. The number of aromatic nitrogens is 8. The molecule has 5 fully saturated rings. The van der Waals surface area contributed by atoms with Crippen LogP contribution in [0.25, 0.3) is 38.1 Å². The average Bonchev–Trinajstić information content (AvgIpc) is 1.57. The van der Waals surface area contributed by atoms with Crippen LogP contribution in [0, 0.1) is 29.6 Å². The number of aliphatic hydroxyl groups is 2. The van der Waals surface area contributed by atoms with Gasteiger partial charge in [0.05, 0.1) is 65.2 Å². The number of amides is 4. The maximum absolute atomic E-state index is 13.9. The van der Waals surface area contributed by atoms with Crippen molar-refractivity contribution in [2.24, 2.45) is 40.4 Å². The fourth-order valence-electron chi connectivity index (χ4n) is 14.4. The fraction of sp³-hybridized carbons (Fsp3) is 0.671. The minimum absolute atomic E-state index is 0.0278. The first-order valence-electron chi connectivity index (χ1n) is 38.0. The Morgan fingerprint density at radius 1 is 0.588 bits per heavy atom. The highest BCUT2D eigenvalue weighted by molar-refractivity contribution is 5.90. The number of fused-ring (bicyclic) bond motifs is 5. The molecule has 6 aliphatic rings. The number of nitrogens with two attached hydrogens (primary N) is 3. The van der Waals surface area contributed by atoms with E-state index in [1.165, 1.54) is 28.8 Å². The number of aliphatic hydroxyl groups excluding tert-OH is 2. The Morgan fingerprint density at radius 3 is 1.46 bits per heavy atom. The lowest BCUT2D eigenvalue weighted by Gasteiger charge is -2.35. The maximum Gasteiger partial charge on any atom is 0.411 e. The number of rotatable bonds is 18. The highest BCUT2D eigenvalue weighted by Gasteiger charge is 2.63. The van der Waals surface area contributed by atoms with E-state index in [0.717, 1.165) is 16.8 Å². The third-order valence-corrected chi connectivity index (χ3v) is 19.4. The summed E-state index contributed by atoms with van der Waals surface area (Å²) in [7, 11) is 0. The van der Waals surface area contributed by atoms with Crippen molar-refractivity contribution in [2.75, 3.05) is 31.3 Å². The highest BCUT2D eigenvalue weighted by Crippen LogP contribution is 2.52. The van der Waals surface area contributed by atoms with Crippen LogP contribution in [-0.2, 0) is 72.9 Å². The van der Waals surface area contributed by atoms with Crippen molar-refractivity contribution in [3.8, 4) is 0 Å². The van der Waals surface area contributed by atoms with Crippen molar-refractivity contribution in [3.63, 3.8) is 0 Å². The van der Waals surface area contributed by atoms with Crippen LogP contribution in [0.1, 0.15) is 193 Å². The number of anilines is 2. The van der Waals surface area contributed by atoms with E-state index in [1.54, 1.807) is 151 Å². The molecule has 5 aromatic rings. The molecule has 9 heterocycles. The van der Waals surface area contributed by atoms with Crippen LogP contribution >= 0.6 is 0 Å². The van der Waals surface area contributed by atoms with E-state index in [0.29, 0.717) is 51.9 Å². The molecule has 1 saturated carbocycles. The van der Waals surface area contributed by atoms with Gasteiger partial charge in [0.15, 0.2) is 23.2 Å². The molecular weight excluding hydrogens is 1480 g/mol. The van der Waals surface area contributed by atoms with E-state index in [4.69, 9.17) is 74.8 Å². The van der Waals surface area contributed by atoms with Gasteiger partial charge in [-0.15, -0.1) is 0 Å². The van der Waals surface area contributed by atoms with E-state index >= 15 is 0 Å². The number of nitrogens with one attached hydrogen (secondary N) is 4. The SMILES string of the molecule is CC(C)[C@H](N)C(=O)OC[C@H]1C[C@@H](C2=CCc3c(N)ncnc32)[C@H](O)[C@@H]1O.CC(C)[C@H](NC(=O)OC(C)(C)C)C(=O)OC[C@@H]1[C@H]2OC(C)(C)O[C@H]2[C@H](c2c[nH]c3c(N)ncnc23)N1C(=O)OC(C)(C)C.CC(C)[C@H](NC(=O)OC(C)(C)C)C(=O)OC[C@@H]1[C@H]2OC(C)(C)O[C@H]2[C@H](c2c[nH]c3c(N=[N+]=[N-])ncnc23)N1C(=O)OC(C)(C)C. The molecule has 38 heteroatoms. The first kappa shape index (κ1) is 88.1. The van der Waals surface area contributed by atoms with Crippen molar-refractivity contribution in [2.45, 2.75) is 278 Å². The summed E-state index contributed by atoms with van der Waals surface area (Å²) in [4.78, 5) is 129. The number of H-pyrrole nitrogens is 2. The number of carbonyl (C=O) groups is 7. The number of alkyl carbamates (subject to hydrolysis) is 2. The van der Waals surface area contributed by atoms with Crippen LogP contribution in [0.3, 0.4) is 0 Å². The van der Waals surface area contributed by atoms with Gasteiger partial charge in [-0.25, -0.2) is 58.7 Å². The normalized spacial score (nSPS) is 24.9. The van der Waals surface area contributed by atoms with Gasteiger partial charge in [0, 0.05) is 45.8 Å². The molecule has 4 amide bonds. The monoisotopic (exact) mass is 1600 g/mol. The minimum atomic E-state index is -1.04. The van der Waals surface area contributed by atoms with Crippen LogP contribution in [0.4, 0.5) is 36.6 Å². The van der Waals surface area contributed by atoms with Crippen LogP contribution in [0.5, 0.6) is 0 Å². The van der Waals surface area contributed by atoms with Gasteiger partial charge in [-0.1, -0.05) is 47.6 Å². The number of azide groups is 1. The number of carbonyl (C=O) groups excluding carboxylic acids is 7. The first-order valence-corrected chi connectivity index (χ1v) is 38.0. The molecule has 4 aliphatic heterocycles.